The molecule has 1 N–H and O–H groups in total. The lowest BCUT2D eigenvalue weighted by molar-refractivity contribution is 0.151. The summed E-state index contributed by atoms with van der Waals surface area (Å²) >= 11 is 0. The zero-order chi connectivity index (χ0) is 9.90. The van der Waals surface area contributed by atoms with Crippen LogP contribution in [0.4, 0.5) is 0 Å². The Labute approximate surface area is 82.6 Å². The van der Waals surface area contributed by atoms with E-state index in [1.54, 1.807) is 0 Å². The summed E-state index contributed by atoms with van der Waals surface area (Å²) < 4.78 is 0. The summed E-state index contributed by atoms with van der Waals surface area (Å²) in [5, 5.41) is 3.54. The summed E-state index contributed by atoms with van der Waals surface area (Å²) in [5.74, 6) is 0.809. The molecule has 0 aromatic heterocycles. The van der Waals surface area contributed by atoms with Crippen LogP contribution < -0.4 is 5.32 Å². The molecule has 1 saturated carbocycles. The third-order valence-corrected chi connectivity index (χ3v) is 3.22. The molecular formula is C12H23N. The number of nitrogens with one attached hydrogen (secondary N) is 1. The second-order valence-electron chi connectivity index (χ2n) is 5.19. The van der Waals surface area contributed by atoms with Crippen molar-refractivity contribution in [1.82, 2.24) is 5.32 Å². The Hall–Kier alpha value is -0.300. The zero-order valence-corrected chi connectivity index (χ0v) is 9.27. The summed E-state index contributed by atoms with van der Waals surface area (Å²) in [5.41, 5.74) is 0.561. The molecule has 1 aliphatic rings. The van der Waals surface area contributed by atoms with Crippen molar-refractivity contribution in [3.8, 4) is 0 Å². The van der Waals surface area contributed by atoms with Gasteiger partial charge in [0.2, 0.25) is 0 Å². The van der Waals surface area contributed by atoms with E-state index in [9.17, 15) is 0 Å². The van der Waals surface area contributed by atoms with E-state index < -0.39 is 0 Å². The van der Waals surface area contributed by atoms with Gasteiger partial charge in [0.15, 0.2) is 0 Å². The fourth-order valence-electron chi connectivity index (χ4n) is 2.48. The van der Waals surface area contributed by atoms with E-state index in [4.69, 9.17) is 0 Å². The second kappa shape index (κ2) is 4.28. The molecule has 1 heteroatoms. The second-order valence-corrected chi connectivity index (χ2v) is 5.19. The van der Waals surface area contributed by atoms with Crippen LogP contribution in [0.15, 0.2) is 12.7 Å². The molecule has 1 nitrogen and oxygen atoms in total. The molecule has 2 atom stereocenters. The number of rotatable bonds is 3. The predicted octanol–water partition coefficient (Wildman–Crippen LogP) is 2.98. The quantitative estimate of drug-likeness (QED) is 0.660. The first-order chi connectivity index (χ1) is 6.05. The number of hydrogen-bond donors (Lipinski definition) is 1. The summed E-state index contributed by atoms with van der Waals surface area (Å²) in [6.07, 6.45) is 5.97. The fraction of sp³-hybridized carbons (Fsp3) is 0.833. The first-order valence-corrected chi connectivity index (χ1v) is 5.39. The molecule has 1 aliphatic carbocycles. The molecule has 1 fully saturated rings. The fourth-order valence-corrected chi connectivity index (χ4v) is 2.48. The van der Waals surface area contributed by atoms with Crippen molar-refractivity contribution in [3.05, 3.63) is 12.7 Å². The summed E-state index contributed by atoms with van der Waals surface area (Å²) in [7, 11) is 0. The van der Waals surface area contributed by atoms with Crippen LogP contribution in [0.1, 0.15) is 40.0 Å². The SMILES string of the molecule is C=CCNC1CCC(C)(C)CC1C. The average Bonchev–Trinajstić information content (AvgIpc) is 2.02. The summed E-state index contributed by atoms with van der Waals surface area (Å²) in [6.45, 7) is 11.8. The Bertz CT molecular complexity index is 172. The topological polar surface area (TPSA) is 12.0 Å². The smallest absolute Gasteiger partial charge is 0.0134 e. The molecule has 0 bridgehead atoms. The lowest BCUT2D eigenvalue weighted by Gasteiger charge is -2.39. The third-order valence-electron chi connectivity index (χ3n) is 3.22. The molecule has 0 heterocycles. The van der Waals surface area contributed by atoms with Crippen LogP contribution in [0.25, 0.3) is 0 Å². The Balaban J connectivity index is 2.39. The Morgan fingerprint density at radius 1 is 1.54 bits per heavy atom. The van der Waals surface area contributed by atoms with E-state index >= 15 is 0 Å². The molecule has 2 unspecified atom stereocenters. The van der Waals surface area contributed by atoms with Gasteiger partial charge in [-0.3, -0.25) is 0 Å². The van der Waals surface area contributed by atoms with E-state index in [1.807, 2.05) is 6.08 Å². The first-order valence-electron chi connectivity index (χ1n) is 5.39. The molecule has 0 radical (unpaired) electrons. The molecule has 13 heavy (non-hydrogen) atoms. The van der Waals surface area contributed by atoms with Gasteiger partial charge in [-0.1, -0.05) is 26.8 Å². The highest BCUT2D eigenvalue weighted by molar-refractivity contribution is 4.88. The average molecular weight is 181 g/mol. The molecule has 76 valence electrons. The van der Waals surface area contributed by atoms with Gasteiger partial charge in [-0.05, 0) is 30.6 Å². The van der Waals surface area contributed by atoms with Crippen LogP contribution in [0, 0.1) is 11.3 Å². The van der Waals surface area contributed by atoms with E-state index in [0.29, 0.717) is 11.5 Å². The van der Waals surface area contributed by atoms with Gasteiger partial charge in [-0.25, -0.2) is 0 Å². The molecule has 0 aromatic rings. The maximum absolute atomic E-state index is 3.74. The minimum atomic E-state index is 0.561. The minimum absolute atomic E-state index is 0.561. The third kappa shape index (κ3) is 3.15. The van der Waals surface area contributed by atoms with Crippen molar-refractivity contribution in [3.63, 3.8) is 0 Å². The van der Waals surface area contributed by atoms with E-state index in [-0.39, 0.29) is 0 Å². The highest BCUT2D eigenvalue weighted by Crippen LogP contribution is 2.38. The maximum atomic E-state index is 3.74. The van der Waals surface area contributed by atoms with Gasteiger partial charge < -0.3 is 5.32 Å². The summed E-state index contributed by atoms with van der Waals surface area (Å²) in [4.78, 5) is 0. The van der Waals surface area contributed by atoms with Gasteiger partial charge >= 0.3 is 0 Å². The van der Waals surface area contributed by atoms with E-state index in [1.165, 1.54) is 19.3 Å². The normalized spacial score (nSPS) is 32.8. The van der Waals surface area contributed by atoms with Crippen LogP contribution in [-0.2, 0) is 0 Å². The molecule has 0 aliphatic heterocycles. The number of hydrogen-bond acceptors (Lipinski definition) is 1. The maximum Gasteiger partial charge on any atom is 0.0134 e. The van der Waals surface area contributed by atoms with Crippen molar-refractivity contribution in [2.24, 2.45) is 11.3 Å². The van der Waals surface area contributed by atoms with Crippen LogP contribution in [0.3, 0.4) is 0 Å². The van der Waals surface area contributed by atoms with Gasteiger partial charge in [-0.15, -0.1) is 6.58 Å². The largest absolute Gasteiger partial charge is 0.310 e. The monoisotopic (exact) mass is 181 g/mol. The summed E-state index contributed by atoms with van der Waals surface area (Å²) in [6, 6.07) is 0.714. The van der Waals surface area contributed by atoms with Crippen molar-refractivity contribution < 1.29 is 0 Å². The Morgan fingerprint density at radius 3 is 2.77 bits per heavy atom. The van der Waals surface area contributed by atoms with Gasteiger partial charge in [0.1, 0.15) is 0 Å². The van der Waals surface area contributed by atoms with Crippen LogP contribution >= 0.6 is 0 Å². The van der Waals surface area contributed by atoms with Crippen LogP contribution in [0.5, 0.6) is 0 Å². The van der Waals surface area contributed by atoms with Gasteiger partial charge in [-0.2, -0.15) is 0 Å². The molecule has 1 rings (SSSR count). The van der Waals surface area contributed by atoms with E-state index in [0.717, 1.165) is 12.5 Å². The van der Waals surface area contributed by atoms with Gasteiger partial charge in [0.05, 0.1) is 0 Å². The Kier molecular flexibility index (Phi) is 3.55. The molecule has 0 spiro atoms. The lowest BCUT2D eigenvalue weighted by atomic mass is 9.70. The predicted molar refractivity (Wildman–Crippen MR) is 58.8 cm³/mol. The van der Waals surface area contributed by atoms with Crippen molar-refractivity contribution in [2.75, 3.05) is 6.54 Å². The van der Waals surface area contributed by atoms with Crippen molar-refractivity contribution >= 4 is 0 Å². The molecule has 0 amide bonds. The highest BCUT2D eigenvalue weighted by atomic mass is 14.9. The zero-order valence-electron chi connectivity index (χ0n) is 9.27. The van der Waals surface area contributed by atoms with Gasteiger partial charge in [0, 0.05) is 12.6 Å². The lowest BCUT2D eigenvalue weighted by Crippen LogP contribution is -2.41. The van der Waals surface area contributed by atoms with Gasteiger partial charge in [0.25, 0.3) is 0 Å². The highest BCUT2D eigenvalue weighted by Gasteiger charge is 2.31. The van der Waals surface area contributed by atoms with E-state index in [2.05, 4.69) is 32.7 Å². The van der Waals surface area contributed by atoms with Crippen LogP contribution in [0.2, 0.25) is 0 Å². The first kappa shape index (κ1) is 10.8. The van der Waals surface area contributed by atoms with Crippen molar-refractivity contribution in [1.29, 1.82) is 0 Å². The van der Waals surface area contributed by atoms with Crippen molar-refractivity contribution in [2.45, 2.75) is 46.1 Å². The molecule has 0 saturated heterocycles. The molecular weight excluding hydrogens is 158 g/mol. The standard InChI is InChI=1S/C12H23N/c1-5-8-13-11-6-7-12(3,4)9-10(11)2/h5,10-11,13H,1,6-9H2,2-4H3. The Morgan fingerprint density at radius 2 is 2.23 bits per heavy atom. The minimum Gasteiger partial charge on any atom is -0.310 e. The van der Waals surface area contributed by atoms with Crippen LogP contribution in [-0.4, -0.2) is 12.6 Å². The molecule has 0 aromatic carbocycles.